The molecule has 0 radical (unpaired) electrons. The Morgan fingerprint density at radius 3 is 2.74 bits per heavy atom. The van der Waals surface area contributed by atoms with Crippen LogP contribution in [-0.2, 0) is 4.74 Å². The zero-order valence-corrected chi connectivity index (χ0v) is 12.1. The lowest BCUT2D eigenvalue weighted by atomic mass is 10.1. The molecule has 0 unspecified atom stereocenters. The average molecular weight is 284 g/mol. The van der Waals surface area contributed by atoms with E-state index in [4.69, 9.17) is 16.3 Å². The van der Waals surface area contributed by atoms with Gasteiger partial charge >= 0.3 is 6.09 Å². The van der Waals surface area contributed by atoms with E-state index < -0.39 is 5.60 Å². The SMILES string of the molecule is CC(C)(C)OC(=O)NC1CN(c2cccc(Cl)n2)C1. The summed E-state index contributed by atoms with van der Waals surface area (Å²) in [5.41, 5.74) is -0.470. The number of hydrogen-bond acceptors (Lipinski definition) is 4. The summed E-state index contributed by atoms with van der Waals surface area (Å²) in [5, 5.41) is 3.30. The van der Waals surface area contributed by atoms with Crippen molar-refractivity contribution in [3.05, 3.63) is 23.4 Å². The Labute approximate surface area is 117 Å². The van der Waals surface area contributed by atoms with Gasteiger partial charge in [0.2, 0.25) is 0 Å². The normalized spacial score (nSPS) is 15.9. The first-order chi connectivity index (χ1) is 8.83. The number of halogens is 1. The summed E-state index contributed by atoms with van der Waals surface area (Å²) < 4.78 is 5.20. The summed E-state index contributed by atoms with van der Waals surface area (Å²) >= 11 is 5.84. The first-order valence-electron chi connectivity index (χ1n) is 6.20. The minimum atomic E-state index is -0.470. The number of nitrogens with zero attached hydrogens (tertiary/aromatic N) is 2. The lowest BCUT2D eigenvalue weighted by molar-refractivity contribution is 0.0496. The van der Waals surface area contributed by atoms with Gasteiger partial charge in [-0.3, -0.25) is 0 Å². The van der Waals surface area contributed by atoms with Crippen LogP contribution in [0.4, 0.5) is 10.6 Å². The summed E-state index contributed by atoms with van der Waals surface area (Å²) in [4.78, 5) is 17.8. The summed E-state index contributed by atoms with van der Waals surface area (Å²) in [6.45, 7) is 6.96. The number of anilines is 1. The van der Waals surface area contributed by atoms with Gasteiger partial charge in [-0.15, -0.1) is 0 Å². The largest absolute Gasteiger partial charge is 0.444 e. The zero-order chi connectivity index (χ0) is 14.0. The Balaban J connectivity index is 1.79. The number of carbonyl (C=O) groups is 1. The average Bonchev–Trinajstić information content (AvgIpc) is 2.20. The first-order valence-corrected chi connectivity index (χ1v) is 6.58. The van der Waals surface area contributed by atoms with Crippen molar-refractivity contribution in [3.63, 3.8) is 0 Å². The highest BCUT2D eigenvalue weighted by molar-refractivity contribution is 6.29. The van der Waals surface area contributed by atoms with Crippen molar-refractivity contribution in [2.24, 2.45) is 0 Å². The van der Waals surface area contributed by atoms with E-state index in [1.165, 1.54) is 0 Å². The molecule has 0 bridgehead atoms. The molecule has 0 aliphatic carbocycles. The van der Waals surface area contributed by atoms with Crippen LogP contribution < -0.4 is 10.2 Å². The van der Waals surface area contributed by atoms with Crippen LogP contribution in [0, 0.1) is 0 Å². The van der Waals surface area contributed by atoms with Crippen molar-refractivity contribution < 1.29 is 9.53 Å². The van der Waals surface area contributed by atoms with Crippen molar-refractivity contribution in [2.75, 3.05) is 18.0 Å². The molecule has 19 heavy (non-hydrogen) atoms. The molecule has 0 atom stereocenters. The smallest absolute Gasteiger partial charge is 0.407 e. The van der Waals surface area contributed by atoms with Gasteiger partial charge in [-0.05, 0) is 32.9 Å². The van der Waals surface area contributed by atoms with Crippen molar-refractivity contribution in [2.45, 2.75) is 32.4 Å². The second-order valence-electron chi connectivity index (χ2n) is 5.57. The van der Waals surface area contributed by atoms with Crippen LogP contribution in [0.15, 0.2) is 18.2 Å². The van der Waals surface area contributed by atoms with E-state index in [9.17, 15) is 4.79 Å². The summed E-state index contributed by atoms with van der Waals surface area (Å²) in [5.74, 6) is 0.828. The molecule has 0 saturated carbocycles. The monoisotopic (exact) mass is 283 g/mol. The maximum absolute atomic E-state index is 11.6. The number of hydrogen-bond donors (Lipinski definition) is 1. The first kappa shape index (κ1) is 13.9. The Bertz CT molecular complexity index is 467. The van der Waals surface area contributed by atoms with Crippen molar-refractivity contribution in [1.82, 2.24) is 10.3 Å². The Hall–Kier alpha value is -1.49. The summed E-state index contributed by atoms with van der Waals surface area (Å²) in [6, 6.07) is 5.59. The van der Waals surface area contributed by atoms with Crippen molar-refractivity contribution in [1.29, 1.82) is 0 Å². The number of aromatic nitrogens is 1. The van der Waals surface area contributed by atoms with Crippen LogP contribution in [0.1, 0.15) is 20.8 Å². The van der Waals surface area contributed by atoms with Gasteiger partial charge in [0, 0.05) is 13.1 Å². The molecule has 0 aromatic carbocycles. The second-order valence-corrected chi connectivity index (χ2v) is 5.95. The highest BCUT2D eigenvalue weighted by Gasteiger charge is 2.30. The van der Waals surface area contributed by atoms with Crippen molar-refractivity contribution >= 4 is 23.5 Å². The molecule has 1 aliphatic rings. The van der Waals surface area contributed by atoms with E-state index in [0.717, 1.165) is 5.82 Å². The number of rotatable bonds is 2. The highest BCUT2D eigenvalue weighted by atomic mass is 35.5. The van der Waals surface area contributed by atoms with E-state index in [0.29, 0.717) is 18.2 Å². The van der Waals surface area contributed by atoms with Gasteiger partial charge < -0.3 is 15.0 Å². The fourth-order valence-corrected chi connectivity index (χ4v) is 1.96. The fraction of sp³-hybridized carbons (Fsp3) is 0.538. The van der Waals surface area contributed by atoms with Gasteiger partial charge in [0.25, 0.3) is 0 Å². The molecule has 6 heteroatoms. The molecule has 1 saturated heterocycles. The van der Waals surface area contributed by atoms with Crippen LogP contribution in [0.5, 0.6) is 0 Å². The molecule has 0 spiro atoms. The third-order valence-electron chi connectivity index (χ3n) is 2.63. The van der Waals surface area contributed by atoms with E-state index in [-0.39, 0.29) is 12.1 Å². The maximum atomic E-state index is 11.6. The molecule has 1 aliphatic heterocycles. The standard InChI is InChI=1S/C13H18ClN3O2/c1-13(2,3)19-12(18)15-9-7-17(8-9)11-6-4-5-10(14)16-11/h4-6,9H,7-8H2,1-3H3,(H,15,18). The zero-order valence-electron chi connectivity index (χ0n) is 11.3. The quantitative estimate of drug-likeness (QED) is 0.847. The van der Waals surface area contributed by atoms with Gasteiger partial charge in [-0.1, -0.05) is 17.7 Å². The predicted molar refractivity (Wildman–Crippen MR) is 74.6 cm³/mol. The molecule has 1 N–H and O–H groups in total. The minimum absolute atomic E-state index is 0.0932. The van der Waals surface area contributed by atoms with Gasteiger partial charge in [-0.25, -0.2) is 9.78 Å². The van der Waals surface area contributed by atoms with Crippen LogP contribution >= 0.6 is 11.6 Å². The van der Waals surface area contributed by atoms with Crippen LogP contribution in [0.2, 0.25) is 5.15 Å². The molecule has 104 valence electrons. The summed E-state index contributed by atoms with van der Waals surface area (Å²) in [7, 11) is 0. The van der Waals surface area contributed by atoms with Crippen molar-refractivity contribution in [3.8, 4) is 0 Å². The third-order valence-corrected chi connectivity index (χ3v) is 2.84. The second kappa shape index (κ2) is 5.25. The predicted octanol–water partition coefficient (Wildman–Crippen LogP) is 2.45. The van der Waals surface area contributed by atoms with E-state index in [1.54, 1.807) is 6.07 Å². The lowest BCUT2D eigenvalue weighted by Crippen LogP contribution is -2.60. The van der Waals surface area contributed by atoms with Gasteiger partial charge in [0.1, 0.15) is 16.6 Å². The molecule has 1 aromatic heterocycles. The molecule has 1 amide bonds. The molecule has 2 heterocycles. The molecule has 1 aromatic rings. The third kappa shape index (κ3) is 3.99. The minimum Gasteiger partial charge on any atom is -0.444 e. The molecule has 5 nitrogen and oxygen atoms in total. The lowest BCUT2D eigenvalue weighted by Gasteiger charge is -2.40. The van der Waals surface area contributed by atoms with E-state index >= 15 is 0 Å². The van der Waals surface area contributed by atoms with Gasteiger partial charge in [-0.2, -0.15) is 0 Å². The number of ether oxygens (including phenoxy) is 1. The Morgan fingerprint density at radius 2 is 2.16 bits per heavy atom. The Morgan fingerprint density at radius 1 is 1.47 bits per heavy atom. The Kier molecular flexibility index (Phi) is 3.85. The van der Waals surface area contributed by atoms with E-state index in [2.05, 4.69) is 10.3 Å². The van der Waals surface area contributed by atoms with Crippen LogP contribution in [0.3, 0.4) is 0 Å². The number of nitrogens with one attached hydrogen (secondary N) is 1. The molecule has 2 rings (SSSR count). The van der Waals surface area contributed by atoms with E-state index in [1.807, 2.05) is 37.8 Å². The topological polar surface area (TPSA) is 54.5 Å². The number of carbonyl (C=O) groups excluding carboxylic acids is 1. The number of pyridine rings is 1. The van der Waals surface area contributed by atoms with Crippen LogP contribution in [0.25, 0.3) is 0 Å². The molecular formula is C13H18ClN3O2. The maximum Gasteiger partial charge on any atom is 0.407 e. The highest BCUT2D eigenvalue weighted by Crippen LogP contribution is 2.20. The molecule has 1 fully saturated rings. The molecular weight excluding hydrogens is 266 g/mol. The van der Waals surface area contributed by atoms with Gasteiger partial charge in [0.15, 0.2) is 0 Å². The number of amides is 1. The van der Waals surface area contributed by atoms with Gasteiger partial charge in [0.05, 0.1) is 6.04 Å². The van der Waals surface area contributed by atoms with Crippen LogP contribution in [-0.4, -0.2) is 35.8 Å². The fourth-order valence-electron chi connectivity index (χ4n) is 1.80. The summed E-state index contributed by atoms with van der Waals surface area (Å²) in [6.07, 6.45) is -0.379. The number of alkyl carbamates (subject to hydrolysis) is 1.